The Kier molecular flexibility index (Phi) is 4.47. The highest BCUT2D eigenvalue weighted by Gasteiger charge is 2.32. The zero-order valence-electron chi connectivity index (χ0n) is 10.8. The van der Waals surface area contributed by atoms with Gasteiger partial charge in [-0.1, -0.05) is 30.3 Å². The van der Waals surface area contributed by atoms with Crippen LogP contribution in [0.25, 0.3) is 0 Å². The summed E-state index contributed by atoms with van der Waals surface area (Å²) in [5.41, 5.74) is 0.872. The smallest absolute Gasteiger partial charge is 0.485 e. The molecule has 0 spiro atoms. The minimum Gasteiger partial charge on any atom is -0.485 e. The van der Waals surface area contributed by atoms with E-state index in [1.165, 1.54) is 12.1 Å². The molecule has 2 rings (SSSR count). The monoisotopic (exact) mass is 296 g/mol. The number of ether oxygens (including phenoxy) is 2. The highest BCUT2D eigenvalue weighted by molar-refractivity contribution is 5.76. The fourth-order valence-electron chi connectivity index (χ4n) is 1.66. The Morgan fingerprint density at radius 1 is 1.00 bits per heavy atom. The molecule has 3 nitrogen and oxygen atoms in total. The summed E-state index contributed by atoms with van der Waals surface area (Å²) in [7, 11) is 0. The Balaban J connectivity index is 2.19. The number of halogens is 3. The molecule has 0 unspecified atom stereocenters. The molecule has 0 saturated heterocycles. The van der Waals surface area contributed by atoms with Crippen molar-refractivity contribution < 1.29 is 27.4 Å². The maximum Gasteiger partial charge on any atom is 0.573 e. The molecule has 0 aliphatic carbocycles. The summed E-state index contributed by atoms with van der Waals surface area (Å²) in [5.74, 6) is -0.621. The average molecular weight is 296 g/mol. The van der Waals surface area contributed by atoms with E-state index in [2.05, 4.69) is 4.74 Å². The molecule has 0 aliphatic heterocycles. The lowest BCUT2D eigenvalue weighted by atomic mass is 10.2. The molecule has 0 amide bonds. The van der Waals surface area contributed by atoms with E-state index < -0.39 is 12.1 Å². The topological polar surface area (TPSA) is 35.5 Å². The van der Waals surface area contributed by atoms with Crippen LogP contribution in [0.2, 0.25) is 0 Å². The maximum absolute atomic E-state index is 12.4. The van der Waals surface area contributed by atoms with Gasteiger partial charge in [0.25, 0.3) is 0 Å². The Bertz CT molecular complexity index is 609. The van der Waals surface area contributed by atoms with Crippen LogP contribution in [0, 0.1) is 0 Å². The molecule has 0 aromatic heterocycles. The van der Waals surface area contributed by atoms with Crippen molar-refractivity contribution in [2.75, 3.05) is 0 Å². The molecule has 0 bridgehead atoms. The zero-order chi connectivity index (χ0) is 15.3. The van der Waals surface area contributed by atoms with Crippen LogP contribution in [0.4, 0.5) is 13.2 Å². The van der Waals surface area contributed by atoms with Crippen LogP contribution in [0.5, 0.6) is 11.5 Å². The van der Waals surface area contributed by atoms with Gasteiger partial charge in [-0.3, -0.25) is 4.79 Å². The molecule has 0 aliphatic rings. The molecule has 110 valence electrons. The van der Waals surface area contributed by atoms with Crippen LogP contribution >= 0.6 is 0 Å². The number of rotatable bonds is 5. The zero-order valence-corrected chi connectivity index (χ0v) is 10.8. The molecular weight excluding hydrogens is 285 g/mol. The lowest BCUT2D eigenvalue weighted by molar-refractivity contribution is -0.275. The number of carbonyl (C=O) groups excluding carboxylic acids is 1. The molecule has 0 saturated carbocycles. The van der Waals surface area contributed by atoms with Crippen molar-refractivity contribution in [3.63, 3.8) is 0 Å². The third kappa shape index (κ3) is 4.52. The lowest BCUT2D eigenvalue weighted by Gasteiger charge is -2.14. The van der Waals surface area contributed by atoms with E-state index in [1.807, 2.05) is 6.07 Å². The van der Waals surface area contributed by atoms with Gasteiger partial charge in [0.05, 0.1) is 0 Å². The van der Waals surface area contributed by atoms with E-state index in [-0.39, 0.29) is 17.9 Å². The molecule has 2 aromatic carbocycles. The minimum absolute atomic E-state index is 0.0707. The van der Waals surface area contributed by atoms with Crippen molar-refractivity contribution in [1.29, 1.82) is 0 Å². The van der Waals surface area contributed by atoms with E-state index in [0.29, 0.717) is 6.29 Å². The first-order valence-electron chi connectivity index (χ1n) is 5.99. The highest BCUT2D eigenvalue weighted by Crippen LogP contribution is 2.33. The number of benzene rings is 2. The van der Waals surface area contributed by atoms with Gasteiger partial charge in [0.2, 0.25) is 0 Å². The van der Waals surface area contributed by atoms with E-state index in [4.69, 9.17) is 4.74 Å². The van der Waals surface area contributed by atoms with E-state index in [0.717, 1.165) is 11.6 Å². The summed E-state index contributed by atoms with van der Waals surface area (Å²) in [6.07, 6.45) is -4.42. The fourth-order valence-corrected chi connectivity index (χ4v) is 1.66. The predicted molar refractivity (Wildman–Crippen MR) is 69.3 cm³/mol. The van der Waals surface area contributed by atoms with Gasteiger partial charge in [0.15, 0.2) is 11.5 Å². The number of hydrogen-bond donors (Lipinski definition) is 0. The first kappa shape index (κ1) is 14.9. The molecule has 0 fully saturated rings. The number of hydrogen-bond acceptors (Lipinski definition) is 3. The normalized spacial score (nSPS) is 11.0. The summed E-state index contributed by atoms with van der Waals surface area (Å²) in [5, 5.41) is 0. The predicted octanol–water partition coefficient (Wildman–Crippen LogP) is 3.98. The van der Waals surface area contributed by atoms with Crippen LogP contribution in [0.1, 0.15) is 15.9 Å². The maximum atomic E-state index is 12.4. The second kappa shape index (κ2) is 6.30. The molecular formula is C15H11F3O3. The molecule has 6 heteroatoms. The third-order valence-corrected chi connectivity index (χ3v) is 2.57. The van der Waals surface area contributed by atoms with Crippen molar-refractivity contribution in [2.45, 2.75) is 13.0 Å². The minimum atomic E-state index is -4.85. The van der Waals surface area contributed by atoms with Crippen LogP contribution in [0.15, 0.2) is 48.5 Å². The molecule has 2 aromatic rings. The Hall–Kier alpha value is -2.50. The second-order valence-corrected chi connectivity index (χ2v) is 4.15. The molecule has 0 atom stereocenters. The standard InChI is InChI=1S/C15H11F3O3/c16-15(17,18)21-14-8-12(9-19)6-7-13(14)20-10-11-4-2-1-3-5-11/h1-9H,10H2. The van der Waals surface area contributed by atoms with Crippen molar-refractivity contribution in [2.24, 2.45) is 0 Å². The van der Waals surface area contributed by atoms with Gasteiger partial charge in [-0.15, -0.1) is 13.2 Å². The van der Waals surface area contributed by atoms with Gasteiger partial charge in [-0.2, -0.15) is 0 Å². The molecule has 21 heavy (non-hydrogen) atoms. The fraction of sp³-hybridized carbons (Fsp3) is 0.133. The second-order valence-electron chi connectivity index (χ2n) is 4.15. The Morgan fingerprint density at radius 3 is 2.33 bits per heavy atom. The van der Waals surface area contributed by atoms with Crippen molar-refractivity contribution in [3.05, 3.63) is 59.7 Å². The van der Waals surface area contributed by atoms with Crippen molar-refractivity contribution >= 4 is 6.29 Å². The van der Waals surface area contributed by atoms with Gasteiger partial charge in [0.1, 0.15) is 12.9 Å². The van der Waals surface area contributed by atoms with Crippen LogP contribution in [-0.4, -0.2) is 12.6 Å². The van der Waals surface area contributed by atoms with Gasteiger partial charge < -0.3 is 9.47 Å². The first-order valence-corrected chi connectivity index (χ1v) is 5.99. The number of carbonyl (C=O) groups is 1. The summed E-state index contributed by atoms with van der Waals surface area (Å²) in [6.45, 7) is 0.0928. The molecule has 0 heterocycles. The van der Waals surface area contributed by atoms with Crippen LogP contribution in [0.3, 0.4) is 0 Å². The quantitative estimate of drug-likeness (QED) is 0.783. The summed E-state index contributed by atoms with van der Waals surface area (Å²) in [4.78, 5) is 10.6. The van der Waals surface area contributed by atoms with E-state index in [1.54, 1.807) is 24.3 Å². The van der Waals surface area contributed by atoms with E-state index in [9.17, 15) is 18.0 Å². The first-order chi connectivity index (χ1) is 9.98. The third-order valence-electron chi connectivity index (χ3n) is 2.57. The average Bonchev–Trinajstić information content (AvgIpc) is 2.45. The highest BCUT2D eigenvalue weighted by atomic mass is 19.4. The summed E-state index contributed by atoms with van der Waals surface area (Å²) in [6, 6.07) is 12.6. The molecule has 0 radical (unpaired) electrons. The SMILES string of the molecule is O=Cc1ccc(OCc2ccccc2)c(OC(F)(F)F)c1. The lowest BCUT2D eigenvalue weighted by Crippen LogP contribution is -2.18. The Labute approximate surface area is 118 Å². The van der Waals surface area contributed by atoms with Crippen LogP contribution in [-0.2, 0) is 6.61 Å². The van der Waals surface area contributed by atoms with Crippen LogP contribution < -0.4 is 9.47 Å². The number of alkyl halides is 3. The van der Waals surface area contributed by atoms with Crippen molar-refractivity contribution in [1.82, 2.24) is 0 Å². The van der Waals surface area contributed by atoms with E-state index >= 15 is 0 Å². The van der Waals surface area contributed by atoms with Gasteiger partial charge in [-0.25, -0.2) is 0 Å². The van der Waals surface area contributed by atoms with Gasteiger partial charge in [0, 0.05) is 5.56 Å². The largest absolute Gasteiger partial charge is 0.573 e. The summed E-state index contributed by atoms with van der Waals surface area (Å²) < 4.78 is 46.3. The van der Waals surface area contributed by atoms with Gasteiger partial charge in [-0.05, 0) is 23.8 Å². The van der Waals surface area contributed by atoms with Gasteiger partial charge >= 0.3 is 6.36 Å². The van der Waals surface area contributed by atoms with Crippen molar-refractivity contribution in [3.8, 4) is 11.5 Å². The number of aldehydes is 1. The molecule has 0 N–H and O–H groups in total. The Morgan fingerprint density at radius 2 is 1.71 bits per heavy atom. The summed E-state index contributed by atoms with van der Waals surface area (Å²) >= 11 is 0.